The first kappa shape index (κ1) is 23.0. The van der Waals surface area contributed by atoms with Crippen molar-refractivity contribution in [2.24, 2.45) is 0 Å². The fourth-order valence-electron chi connectivity index (χ4n) is 4.20. The lowest BCUT2D eigenvalue weighted by atomic mass is 10.1. The molecule has 0 fully saturated rings. The van der Waals surface area contributed by atoms with Crippen LogP contribution in [0.25, 0.3) is 21.8 Å². The molecule has 0 amide bonds. The van der Waals surface area contributed by atoms with Gasteiger partial charge in [-0.05, 0) is 42.3 Å². The number of nitrogens with zero attached hydrogens (tertiary/aromatic N) is 4. The van der Waals surface area contributed by atoms with Crippen LogP contribution in [0.4, 0.5) is 17.6 Å². The summed E-state index contributed by atoms with van der Waals surface area (Å²) in [6, 6.07) is 22.2. The molecule has 0 atom stereocenters. The Kier molecular flexibility index (Phi) is 6.27. The number of hydrogen-bond donors (Lipinski definition) is 2. The zero-order chi connectivity index (χ0) is 25.1. The van der Waals surface area contributed by atoms with Crippen LogP contribution in [-0.2, 0) is 29.1 Å². The van der Waals surface area contributed by atoms with E-state index in [1.807, 2.05) is 48.5 Å². The Morgan fingerprint density at radius 2 is 1.56 bits per heavy atom. The van der Waals surface area contributed by atoms with E-state index in [0.717, 1.165) is 17.7 Å². The molecule has 9 nitrogen and oxygen atoms in total. The molecule has 0 radical (unpaired) electrons. The number of pyridine rings is 1. The normalized spacial score (nSPS) is 11.0. The van der Waals surface area contributed by atoms with Gasteiger partial charge >= 0.3 is 5.97 Å². The zero-order valence-corrected chi connectivity index (χ0v) is 19.6. The number of anilines is 3. The maximum atomic E-state index is 12.9. The Labute approximate surface area is 206 Å². The molecule has 180 valence electrons. The van der Waals surface area contributed by atoms with Gasteiger partial charge in [0.2, 0.25) is 11.9 Å². The summed E-state index contributed by atoms with van der Waals surface area (Å²) >= 11 is 0. The topological polar surface area (TPSA) is 125 Å². The lowest BCUT2D eigenvalue weighted by Gasteiger charge is -2.14. The van der Waals surface area contributed by atoms with Crippen molar-refractivity contribution in [3.63, 3.8) is 0 Å². The molecule has 0 aliphatic carbocycles. The average molecular weight is 481 g/mol. The minimum atomic E-state index is -0.501. The maximum Gasteiger partial charge on any atom is 0.326 e. The molecular formula is C27H24N6O3. The van der Waals surface area contributed by atoms with Gasteiger partial charge in [-0.15, -0.1) is 0 Å². The summed E-state index contributed by atoms with van der Waals surface area (Å²) in [6.07, 6.45) is 0.836. The lowest BCUT2D eigenvalue weighted by molar-refractivity contribution is -0.145. The molecule has 5 rings (SSSR count). The van der Waals surface area contributed by atoms with E-state index in [1.165, 1.54) is 0 Å². The van der Waals surface area contributed by atoms with Crippen molar-refractivity contribution in [1.82, 2.24) is 19.5 Å². The van der Waals surface area contributed by atoms with Gasteiger partial charge in [-0.3, -0.25) is 9.59 Å². The summed E-state index contributed by atoms with van der Waals surface area (Å²) < 4.78 is 7.27. The number of rotatable bonds is 7. The van der Waals surface area contributed by atoms with Crippen LogP contribution >= 0.6 is 0 Å². The molecule has 36 heavy (non-hydrogen) atoms. The van der Waals surface area contributed by atoms with E-state index in [1.54, 1.807) is 28.8 Å². The third-order valence-electron chi connectivity index (χ3n) is 5.87. The average Bonchev–Trinajstić information content (AvgIpc) is 2.90. The van der Waals surface area contributed by atoms with Gasteiger partial charge in [0, 0.05) is 16.5 Å². The molecule has 3 N–H and O–H groups in total. The standard InChI is InChI=1S/C27H24N6O3/c1-2-17-9-3-6-12-20(17)29-27-31-23(30-26(28)32-27)16-36-24(34)15-33-21-13-7-4-10-18(21)25(35)19-11-5-8-14-22(19)33/h3-14H,2,15-16H2,1H3,(H3,28,29,30,31,32). The summed E-state index contributed by atoms with van der Waals surface area (Å²) in [5.74, 6) is 0.0116. The predicted molar refractivity (Wildman–Crippen MR) is 139 cm³/mol. The van der Waals surface area contributed by atoms with Crippen LogP contribution in [0.15, 0.2) is 77.6 Å². The number of ether oxygens (including phenoxy) is 1. The largest absolute Gasteiger partial charge is 0.456 e. The van der Waals surface area contributed by atoms with Crippen molar-refractivity contribution in [1.29, 1.82) is 0 Å². The number of carbonyl (C=O) groups is 1. The minimum absolute atomic E-state index is 0.0185. The maximum absolute atomic E-state index is 12.9. The monoisotopic (exact) mass is 480 g/mol. The van der Waals surface area contributed by atoms with Gasteiger partial charge in [0.15, 0.2) is 17.9 Å². The third-order valence-corrected chi connectivity index (χ3v) is 5.87. The van der Waals surface area contributed by atoms with Gasteiger partial charge in [0.25, 0.3) is 0 Å². The van der Waals surface area contributed by atoms with Crippen molar-refractivity contribution >= 4 is 45.4 Å². The van der Waals surface area contributed by atoms with E-state index >= 15 is 0 Å². The Bertz CT molecular complexity index is 1590. The first-order valence-corrected chi connectivity index (χ1v) is 11.5. The molecule has 2 aromatic heterocycles. The molecule has 0 saturated heterocycles. The number of nitrogen functional groups attached to an aromatic ring is 1. The fraction of sp³-hybridized carbons (Fsp3) is 0.148. The van der Waals surface area contributed by atoms with Crippen molar-refractivity contribution in [2.75, 3.05) is 11.1 Å². The molecule has 0 saturated carbocycles. The van der Waals surface area contributed by atoms with Gasteiger partial charge in [-0.2, -0.15) is 15.0 Å². The fourth-order valence-corrected chi connectivity index (χ4v) is 4.20. The second-order valence-electron chi connectivity index (χ2n) is 8.18. The van der Waals surface area contributed by atoms with E-state index in [0.29, 0.717) is 21.8 Å². The predicted octanol–water partition coefficient (Wildman–Crippen LogP) is 3.97. The molecule has 0 aliphatic heterocycles. The number of benzene rings is 3. The second-order valence-corrected chi connectivity index (χ2v) is 8.18. The number of carbonyl (C=O) groups excluding carboxylic acids is 1. The Morgan fingerprint density at radius 1 is 0.917 bits per heavy atom. The highest BCUT2D eigenvalue weighted by Crippen LogP contribution is 2.21. The summed E-state index contributed by atoms with van der Waals surface area (Å²) in [5.41, 5.74) is 9.08. The quantitative estimate of drug-likeness (QED) is 0.265. The molecule has 5 aromatic rings. The molecule has 0 spiro atoms. The molecule has 0 bridgehead atoms. The Hall–Kier alpha value is -4.79. The smallest absolute Gasteiger partial charge is 0.326 e. The number of para-hydroxylation sites is 3. The highest BCUT2D eigenvalue weighted by atomic mass is 16.5. The van der Waals surface area contributed by atoms with Crippen LogP contribution in [0.2, 0.25) is 0 Å². The van der Waals surface area contributed by atoms with Gasteiger partial charge < -0.3 is 20.4 Å². The highest BCUT2D eigenvalue weighted by Gasteiger charge is 2.15. The Balaban J connectivity index is 1.37. The van der Waals surface area contributed by atoms with Gasteiger partial charge in [-0.25, -0.2) is 0 Å². The molecule has 3 aromatic carbocycles. The van der Waals surface area contributed by atoms with Crippen LogP contribution in [-0.4, -0.2) is 25.5 Å². The van der Waals surface area contributed by atoms with Gasteiger partial charge in [0.05, 0.1) is 11.0 Å². The van der Waals surface area contributed by atoms with Gasteiger partial charge in [0.1, 0.15) is 6.54 Å². The van der Waals surface area contributed by atoms with Crippen molar-refractivity contribution in [3.8, 4) is 0 Å². The molecular weight excluding hydrogens is 456 g/mol. The molecule has 2 heterocycles. The molecule has 0 aliphatic rings. The van der Waals surface area contributed by atoms with E-state index in [-0.39, 0.29) is 36.3 Å². The summed E-state index contributed by atoms with van der Waals surface area (Å²) in [5, 5.41) is 4.24. The third kappa shape index (κ3) is 4.58. The van der Waals surface area contributed by atoms with E-state index in [9.17, 15) is 9.59 Å². The zero-order valence-electron chi connectivity index (χ0n) is 19.6. The van der Waals surface area contributed by atoms with E-state index in [2.05, 4.69) is 27.2 Å². The number of esters is 1. The number of fused-ring (bicyclic) bond motifs is 2. The van der Waals surface area contributed by atoms with Gasteiger partial charge in [-0.1, -0.05) is 49.4 Å². The first-order chi connectivity index (χ1) is 17.5. The number of aromatic nitrogens is 4. The summed E-state index contributed by atoms with van der Waals surface area (Å²) in [7, 11) is 0. The molecule has 9 heteroatoms. The number of nitrogens with two attached hydrogens (primary N) is 1. The molecule has 0 unspecified atom stereocenters. The van der Waals surface area contributed by atoms with Crippen LogP contribution in [0, 0.1) is 0 Å². The van der Waals surface area contributed by atoms with E-state index in [4.69, 9.17) is 10.5 Å². The minimum Gasteiger partial charge on any atom is -0.456 e. The van der Waals surface area contributed by atoms with Crippen molar-refractivity contribution in [3.05, 3.63) is 94.4 Å². The first-order valence-electron chi connectivity index (χ1n) is 11.5. The SMILES string of the molecule is CCc1ccccc1Nc1nc(N)nc(COC(=O)Cn2c3ccccc3c(=O)c3ccccc32)n1. The number of nitrogens with one attached hydrogen (secondary N) is 1. The summed E-state index contributed by atoms with van der Waals surface area (Å²) in [6.45, 7) is 1.80. The van der Waals surface area contributed by atoms with E-state index < -0.39 is 5.97 Å². The van der Waals surface area contributed by atoms with Crippen LogP contribution in [0.3, 0.4) is 0 Å². The number of aryl methyl sites for hydroxylation is 1. The summed E-state index contributed by atoms with van der Waals surface area (Å²) in [4.78, 5) is 38.4. The second kappa shape index (κ2) is 9.83. The number of hydrogen-bond acceptors (Lipinski definition) is 8. The lowest BCUT2D eigenvalue weighted by Crippen LogP contribution is -2.19. The van der Waals surface area contributed by atoms with Crippen molar-refractivity contribution < 1.29 is 9.53 Å². The van der Waals surface area contributed by atoms with Crippen LogP contribution < -0.4 is 16.5 Å². The highest BCUT2D eigenvalue weighted by molar-refractivity contribution is 5.94. The Morgan fingerprint density at radius 3 is 2.25 bits per heavy atom. The van der Waals surface area contributed by atoms with Crippen molar-refractivity contribution in [2.45, 2.75) is 26.5 Å². The van der Waals surface area contributed by atoms with Crippen LogP contribution in [0.5, 0.6) is 0 Å². The van der Waals surface area contributed by atoms with Crippen LogP contribution in [0.1, 0.15) is 18.3 Å².